The molecule has 0 atom stereocenters. The summed E-state index contributed by atoms with van der Waals surface area (Å²) in [4.78, 5) is 5.37. The van der Waals surface area contributed by atoms with E-state index in [-0.39, 0.29) is 0 Å². The van der Waals surface area contributed by atoms with Crippen LogP contribution >= 0.6 is 23.5 Å². The van der Waals surface area contributed by atoms with Gasteiger partial charge < -0.3 is 0 Å². The van der Waals surface area contributed by atoms with Crippen molar-refractivity contribution in [2.45, 2.75) is 19.6 Å². The summed E-state index contributed by atoms with van der Waals surface area (Å²) in [5.41, 5.74) is 0. The highest BCUT2D eigenvalue weighted by Gasteiger charge is 2.14. The van der Waals surface area contributed by atoms with Crippen molar-refractivity contribution in [2.24, 2.45) is 0 Å². The lowest BCUT2D eigenvalue weighted by Gasteiger charge is -2.17. The van der Waals surface area contributed by atoms with E-state index in [9.17, 15) is 0 Å². The molecule has 2 aromatic carbocycles. The summed E-state index contributed by atoms with van der Waals surface area (Å²) in [6.45, 7) is 0. The predicted molar refractivity (Wildman–Crippen MR) is 60.0 cm³/mol. The molecular weight excluding hydrogens is 208 g/mol. The molecule has 0 bridgehead atoms. The Labute approximate surface area is 91.7 Å². The quantitative estimate of drug-likeness (QED) is 0.553. The second-order valence-corrected chi connectivity index (χ2v) is 5.19. The van der Waals surface area contributed by atoms with E-state index < -0.39 is 0 Å². The maximum absolute atomic E-state index is 3.12. The van der Waals surface area contributed by atoms with Gasteiger partial charge in [0.2, 0.25) is 0 Å². The Bertz CT molecular complexity index is 390. The zero-order valence-electron chi connectivity index (χ0n) is 7.36. The van der Waals surface area contributed by atoms with Gasteiger partial charge in [0.05, 0.1) is 0 Å². The monoisotopic (exact) mass is 215 g/mol. The van der Waals surface area contributed by atoms with Gasteiger partial charge in [0.15, 0.2) is 0 Å². The number of benzene rings is 2. The summed E-state index contributed by atoms with van der Waals surface area (Å²) >= 11 is 3.67. The van der Waals surface area contributed by atoms with Gasteiger partial charge in [-0.25, -0.2) is 0 Å². The Morgan fingerprint density at radius 1 is 0.786 bits per heavy atom. The first kappa shape index (κ1) is 8.45. The Hall–Kier alpha value is -0.860. The van der Waals surface area contributed by atoms with Crippen LogP contribution in [0.3, 0.4) is 0 Å². The van der Waals surface area contributed by atoms with E-state index >= 15 is 0 Å². The van der Waals surface area contributed by atoms with Crippen LogP contribution in [0.4, 0.5) is 0 Å². The fourth-order valence-corrected chi connectivity index (χ4v) is 3.62. The summed E-state index contributed by atoms with van der Waals surface area (Å²) < 4.78 is 0. The van der Waals surface area contributed by atoms with Crippen molar-refractivity contribution in [2.75, 3.05) is 0 Å². The van der Waals surface area contributed by atoms with Crippen LogP contribution in [0.1, 0.15) is 0 Å². The van der Waals surface area contributed by atoms with Crippen molar-refractivity contribution in [3.63, 3.8) is 0 Å². The average Bonchev–Trinajstić information content (AvgIpc) is 2.26. The maximum atomic E-state index is 3.12. The van der Waals surface area contributed by atoms with E-state index in [0.717, 1.165) is 0 Å². The number of hydrogen-bond acceptors (Lipinski definition) is 2. The lowest BCUT2D eigenvalue weighted by atomic mass is 10.3. The standard InChI is InChI=1S/C12H7S2/c1-2-6-10-9(5-1)13-11-7-3-4-8-12(11)14-10/h1-3,5-8H. The van der Waals surface area contributed by atoms with Crippen LogP contribution in [-0.2, 0) is 0 Å². The minimum absolute atomic E-state index is 1.32. The Kier molecular flexibility index (Phi) is 2.03. The van der Waals surface area contributed by atoms with Gasteiger partial charge in [-0.05, 0) is 30.3 Å². The molecule has 67 valence electrons. The molecule has 1 radical (unpaired) electrons. The first-order valence-corrected chi connectivity index (χ1v) is 6.01. The topological polar surface area (TPSA) is 0 Å². The van der Waals surface area contributed by atoms with E-state index in [2.05, 4.69) is 42.5 Å². The smallest absolute Gasteiger partial charge is 0.0268 e. The van der Waals surface area contributed by atoms with Crippen LogP contribution in [0.25, 0.3) is 0 Å². The number of rotatable bonds is 0. The molecule has 0 aromatic heterocycles. The third-order valence-corrected chi connectivity index (χ3v) is 4.62. The van der Waals surface area contributed by atoms with Crippen LogP contribution in [0, 0.1) is 6.07 Å². The van der Waals surface area contributed by atoms with Crippen LogP contribution in [0.2, 0.25) is 0 Å². The molecule has 0 fully saturated rings. The minimum Gasteiger partial charge on any atom is -0.0877 e. The van der Waals surface area contributed by atoms with Crippen molar-refractivity contribution in [3.05, 3.63) is 48.5 Å². The zero-order chi connectivity index (χ0) is 9.38. The molecule has 14 heavy (non-hydrogen) atoms. The summed E-state index contributed by atoms with van der Waals surface area (Å²) in [5, 5.41) is 0. The van der Waals surface area contributed by atoms with Crippen LogP contribution in [0.5, 0.6) is 0 Å². The van der Waals surface area contributed by atoms with E-state index in [1.165, 1.54) is 19.6 Å². The summed E-state index contributed by atoms with van der Waals surface area (Å²) in [6, 6.07) is 17.8. The molecule has 0 saturated carbocycles. The molecule has 0 spiro atoms. The highest BCUT2D eigenvalue weighted by atomic mass is 32.2. The van der Waals surface area contributed by atoms with Crippen molar-refractivity contribution in [1.82, 2.24) is 0 Å². The van der Waals surface area contributed by atoms with E-state index in [1.54, 1.807) is 0 Å². The first-order chi connectivity index (χ1) is 6.93. The number of fused-ring (bicyclic) bond motifs is 2. The molecule has 1 aliphatic heterocycles. The van der Waals surface area contributed by atoms with Gasteiger partial charge in [0.25, 0.3) is 0 Å². The average molecular weight is 215 g/mol. The van der Waals surface area contributed by atoms with Gasteiger partial charge >= 0.3 is 0 Å². The van der Waals surface area contributed by atoms with Gasteiger partial charge in [0.1, 0.15) is 0 Å². The normalized spacial score (nSPS) is 13.1. The number of hydrogen-bond donors (Lipinski definition) is 0. The van der Waals surface area contributed by atoms with Gasteiger partial charge in [-0.2, -0.15) is 0 Å². The Morgan fingerprint density at radius 3 is 2.21 bits per heavy atom. The second-order valence-electron chi connectivity index (χ2n) is 3.02. The van der Waals surface area contributed by atoms with Crippen molar-refractivity contribution < 1.29 is 0 Å². The molecule has 0 nitrogen and oxygen atoms in total. The van der Waals surface area contributed by atoms with Gasteiger partial charge in [-0.15, -0.1) is 0 Å². The van der Waals surface area contributed by atoms with Crippen molar-refractivity contribution >= 4 is 23.5 Å². The highest BCUT2D eigenvalue weighted by Crippen LogP contribution is 2.47. The highest BCUT2D eigenvalue weighted by molar-refractivity contribution is 8.05. The minimum atomic E-state index is 1.32. The summed E-state index contributed by atoms with van der Waals surface area (Å²) in [7, 11) is 0. The van der Waals surface area contributed by atoms with Crippen LogP contribution in [-0.4, -0.2) is 0 Å². The first-order valence-electron chi connectivity index (χ1n) is 4.38. The molecule has 3 rings (SSSR count). The fourth-order valence-electron chi connectivity index (χ4n) is 1.42. The van der Waals surface area contributed by atoms with Gasteiger partial charge in [-0.3, -0.25) is 0 Å². The van der Waals surface area contributed by atoms with Crippen LogP contribution in [0.15, 0.2) is 62.0 Å². The molecule has 0 N–H and O–H groups in total. The largest absolute Gasteiger partial charge is 0.0877 e. The lowest BCUT2D eigenvalue weighted by Crippen LogP contribution is -1.87. The maximum Gasteiger partial charge on any atom is 0.0268 e. The van der Waals surface area contributed by atoms with Gasteiger partial charge in [0, 0.05) is 19.6 Å². The van der Waals surface area contributed by atoms with E-state index in [4.69, 9.17) is 0 Å². The van der Waals surface area contributed by atoms with Crippen LogP contribution < -0.4 is 0 Å². The molecule has 2 aromatic rings. The predicted octanol–water partition coefficient (Wildman–Crippen LogP) is 4.10. The lowest BCUT2D eigenvalue weighted by molar-refractivity contribution is 1.16. The molecule has 0 saturated heterocycles. The van der Waals surface area contributed by atoms with Crippen molar-refractivity contribution in [3.8, 4) is 0 Å². The molecule has 0 aliphatic carbocycles. The Balaban J connectivity index is 2.12. The molecular formula is C12H7S2. The molecule has 1 heterocycles. The summed E-state index contributed by atoms with van der Waals surface area (Å²) in [5.74, 6) is 0. The SMILES string of the molecule is [c]1ccc2c(c1)Sc1ccccc1S2. The summed E-state index contributed by atoms with van der Waals surface area (Å²) in [6.07, 6.45) is 0. The third kappa shape index (κ3) is 1.35. The zero-order valence-corrected chi connectivity index (χ0v) is 8.99. The Morgan fingerprint density at radius 2 is 1.43 bits per heavy atom. The molecule has 1 aliphatic rings. The molecule has 0 unspecified atom stereocenters. The third-order valence-electron chi connectivity index (χ3n) is 2.08. The molecule has 0 amide bonds. The molecule has 2 heteroatoms. The second kappa shape index (κ2) is 3.37. The van der Waals surface area contributed by atoms with E-state index in [1.807, 2.05) is 29.6 Å². The fraction of sp³-hybridized carbons (Fsp3) is 0. The van der Waals surface area contributed by atoms with E-state index in [0.29, 0.717) is 0 Å². The van der Waals surface area contributed by atoms with Crippen molar-refractivity contribution in [1.29, 1.82) is 0 Å². The van der Waals surface area contributed by atoms with Gasteiger partial charge in [-0.1, -0.05) is 41.7 Å².